The van der Waals surface area contributed by atoms with Crippen LogP contribution in [0.4, 0.5) is 8.78 Å². The van der Waals surface area contributed by atoms with Crippen LogP contribution < -0.4 is 18.9 Å². The summed E-state index contributed by atoms with van der Waals surface area (Å²) in [6, 6.07) is 32.6. The van der Waals surface area contributed by atoms with Gasteiger partial charge in [-0.3, -0.25) is 14.4 Å². The normalized spacial score (nSPS) is 23.4. The van der Waals surface area contributed by atoms with Crippen molar-refractivity contribution in [2.75, 3.05) is 6.61 Å². The summed E-state index contributed by atoms with van der Waals surface area (Å²) >= 11 is 3.27. The largest absolute Gasteiger partial charge is 1.00 e. The van der Waals surface area contributed by atoms with E-state index in [1.807, 2.05) is 75.4 Å². The third kappa shape index (κ3) is 14.6. The van der Waals surface area contributed by atoms with Gasteiger partial charge in [0, 0.05) is 53.1 Å². The molecule has 2 unspecified atom stereocenters. The van der Waals surface area contributed by atoms with Gasteiger partial charge in [0.25, 0.3) is 0 Å². The van der Waals surface area contributed by atoms with Crippen LogP contribution in [0.3, 0.4) is 0 Å². The second-order valence-electron chi connectivity index (χ2n) is 17.7. The summed E-state index contributed by atoms with van der Waals surface area (Å²) in [4.78, 5) is 40.5. The molecule has 0 radical (unpaired) electrons. The van der Waals surface area contributed by atoms with Crippen molar-refractivity contribution in [3.8, 4) is 20.9 Å². The fraction of sp³-hybridized carbons (Fsp3) is 0.364. The number of thiophene rings is 2. The van der Waals surface area contributed by atoms with E-state index in [4.69, 9.17) is 23.7 Å². The Morgan fingerprint density at radius 3 is 1.42 bits per heavy atom. The Balaban J connectivity index is 0.000000271. The Labute approximate surface area is 443 Å². The first-order valence-corrected chi connectivity index (χ1v) is 24.9. The molecule has 384 valence electrons. The Kier molecular flexibility index (Phi) is 21.2. The average molecular weight is 1040 g/mol. The number of halogens is 2. The van der Waals surface area contributed by atoms with E-state index in [9.17, 15) is 43.6 Å². The molecule has 0 bridgehead atoms. The van der Waals surface area contributed by atoms with E-state index in [-0.39, 0.29) is 36.0 Å². The molecule has 18 heteroatoms. The summed E-state index contributed by atoms with van der Waals surface area (Å²) in [6.07, 6.45) is -8.46. The maximum atomic E-state index is 13.4. The number of carbonyl (C=O) groups excluding carboxylic acids is 3. The molecule has 73 heavy (non-hydrogen) atoms. The van der Waals surface area contributed by atoms with Crippen molar-refractivity contribution in [2.24, 2.45) is 0 Å². The monoisotopic (exact) mass is 1040 g/mol. The summed E-state index contributed by atoms with van der Waals surface area (Å²) < 4.78 is 55.4. The zero-order chi connectivity index (χ0) is 51.1. The van der Waals surface area contributed by atoms with Crippen LogP contribution in [0, 0.1) is 25.5 Å². The van der Waals surface area contributed by atoms with Crippen LogP contribution in [-0.4, -0.2) is 99.2 Å². The van der Waals surface area contributed by atoms with E-state index < -0.39 is 85.6 Å². The van der Waals surface area contributed by atoms with Crippen LogP contribution in [0.5, 0.6) is 0 Å². The van der Waals surface area contributed by atoms with Crippen molar-refractivity contribution in [1.82, 2.24) is 0 Å². The van der Waals surface area contributed by atoms with Gasteiger partial charge in [0.1, 0.15) is 48.3 Å². The Bertz CT molecular complexity index is 2780. The molecule has 0 aliphatic carbocycles. The van der Waals surface area contributed by atoms with Gasteiger partial charge in [0.15, 0.2) is 18.3 Å². The van der Waals surface area contributed by atoms with Crippen LogP contribution in [0.15, 0.2) is 109 Å². The van der Waals surface area contributed by atoms with Gasteiger partial charge in [-0.2, -0.15) is 0 Å². The molecule has 4 heterocycles. The zero-order valence-corrected chi connectivity index (χ0v) is 43.2. The molecule has 5 N–H and O–H groups in total. The molecular weight excluding hydrogens is 978 g/mol. The summed E-state index contributed by atoms with van der Waals surface area (Å²) in [5.41, 5.74) is 7.58. The van der Waals surface area contributed by atoms with E-state index >= 15 is 0 Å². The number of hydrogen-bond acceptors (Lipinski definition) is 15. The fourth-order valence-corrected chi connectivity index (χ4v) is 10.9. The molecule has 2 aliphatic heterocycles. The van der Waals surface area contributed by atoms with Crippen molar-refractivity contribution in [1.29, 1.82) is 0 Å². The number of aliphatic hydroxyl groups is 4. The van der Waals surface area contributed by atoms with Crippen molar-refractivity contribution in [2.45, 2.75) is 122 Å². The number of esters is 3. The minimum atomic E-state index is -1.41. The first-order chi connectivity index (χ1) is 33.9. The molecule has 8 rings (SSSR count). The molecule has 4 aromatic carbocycles. The van der Waals surface area contributed by atoms with Gasteiger partial charge in [0.05, 0.1) is 12.7 Å². The number of rotatable bonds is 13. The van der Waals surface area contributed by atoms with Crippen LogP contribution in [-0.2, 0) is 50.9 Å². The molecule has 0 amide bonds. The SMILES string of the molecule is CC[C@H]1OC(c2ccc(C)c(Cc3ccc(-c4ccc(F)cc4)s3)c2)[C@H](OC(C)=O)[C@@H](OC(C)=O)[C@@H]1OC(C)=O.Cc1ccc(C2O[C@H](CO)[C@@H](O)[C@H](O)[C@H]2O)cc1Cc1ccc(-c2ccc(F)cc2)s1.[Li+].[OH-]. The first-order valence-electron chi connectivity index (χ1n) is 23.3. The summed E-state index contributed by atoms with van der Waals surface area (Å²) in [5.74, 6) is -2.26. The molecule has 2 fully saturated rings. The maximum absolute atomic E-state index is 13.4. The second-order valence-corrected chi connectivity index (χ2v) is 20.1. The average Bonchev–Trinajstić information content (AvgIpc) is 4.01. The van der Waals surface area contributed by atoms with Crippen molar-refractivity contribution < 1.29 is 91.6 Å². The van der Waals surface area contributed by atoms with Gasteiger partial charge in [0.2, 0.25) is 0 Å². The molecule has 2 aromatic heterocycles. The number of benzene rings is 4. The zero-order valence-electron chi connectivity index (χ0n) is 41.6. The first kappa shape index (κ1) is 58.8. The number of aliphatic hydroxyl groups excluding tert-OH is 4. The van der Waals surface area contributed by atoms with Gasteiger partial charge in [-0.1, -0.05) is 67.6 Å². The van der Waals surface area contributed by atoms with Crippen molar-refractivity contribution in [3.05, 3.63) is 164 Å². The predicted octanol–water partition coefficient (Wildman–Crippen LogP) is 5.89. The Morgan fingerprint density at radius 2 is 0.986 bits per heavy atom. The maximum Gasteiger partial charge on any atom is 1.00 e. The standard InChI is InChI=1S/C31H33FO7S.C24H25FO5S.Li.H2O/c1-6-26-29(36-18(3)33)31(38-20(5)35)30(37-19(4)34)28(39-26)22-8-7-17(2)23(15-22)16-25-13-14-27(40-25)21-9-11-24(32)12-10-21;1-13-2-3-15(24-23(29)22(28)21(27)19(12-26)30-24)10-16(13)11-18-8-9-20(31-18)14-4-6-17(25)7-5-14;;/h7-15,26,28-31H,6,16H2,1-5H3;2-10,19,21-24,26-29H,11-12H2,1H3;;1H2/q;;+1;/p-1/t26-,28?,29-,30+,31+;19-,21-,22+,23-,24?;;/m11../s1. The third-order valence-corrected chi connectivity index (χ3v) is 14.8. The minimum absolute atomic E-state index is 0. The number of aryl methyl sites for hydroxylation is 2. The number of hydrogen-bond donors (Lipinski definition) is 4. The van der Waals surface area contributed by atoms with Crippen LogP contribution >= 0.6 is 22.7 Å². The van der Waals surface area contributed by atoms with Crippen molar-refractivity contribution in [3.63, 3.8) is 0 Å². The Hall–Kier alpha value is -5.13. The van der Waals surface area contributed by atoms with E-state index in [2.05, 4.69) is 6.07 Å². The van der Waals surface area contributed by atoms with Crippen LogP contribution in [0.1, 0.15) is 89.5 Å². The molecule has 6 aromatic rings. The molecular formula is C55H59F2LiO13S2. The Morgan fingerprint density at radius 1 is 0.562 bits per heavy atom. The third-order valence-electron chi connectivity index (χ3n) is 12.5. The van der Waals surface area contributed by atoms with Crippen LogP contribution in [0.2, 0.25) is 0 Å². The number of carbonyl (C=O) groups is 3. The van der Waals surface area contributed by atoms with Gasteiger partial charge in [-0.25, -0.2) is 8.78 Å². The van der Waals surface area contributed by atoms with Crippen LogP contribution in [0.25, 0.3) is 20.9 Å². The van der Waals surface area contributed by atoms with Gasteiger partial charge in [-0.15, -0.1) is 22.7 Å². The summed E-state index contributed by atoms with van der Waals surface area (Å²) in [6.45, 7) is 9.24. The molecule has 0 spiro atoms. The predicted molar refractivity (Wildman–Crippen MR) is 267 cm³/mol. The molecule has 0 saturated carbocycles. The molecule has 10 atom stereocenters. The molecule has 2 saturated heterocycles. The fourth-order valence-electron chi connectivity index (χ4n) is 8.85. The second kappa shape index (κ2) is 26.4. The minimum Gasteiger partial charge on any atom is -0.870 e. The van der Waals surface area contributed by atoms with Gasteiger partial charge >= 0.3 is 36.8 Å². The smallest absolute Gasteiger partial charge is 0.870 e. The van der Waals surface area contributed by atoms with Crippen molar-refractivity contribution >= 4 is 40.6 Å². The topological polar surface area (TPSA) is 208 Å². The van der Waals surface area contributed by atoms with E-state index in [0.29, 0.717) is 24.8 Å². The number of ether oxygens (including phenoxy) is 5. The quantitative estimate of drug-likeness (QED) is 0.0605. The molecule has 2 aliphatic rings. The van der Waals surface area contributed by atoms with Gasteiger partial charge in [-0.05, 0) is 113 Å². The van der Waals surface area contributed by atoms with E-state index in [1.54, 1.807) is 46.9 Å². The van der Waals surface area contributed by atoms with E-state index in [0.717, 1.165) is 58.5 Å². The van der Waals surface area contributed by atoms with Gasteiger partial charge < -0.3 is 49.6 Å². The molecule has 13 nitrogen and oxygen atoms in total. The van der Waals surface area contributed by atoms with E-state index in [1.165, 1.54) is 45.0 Å². The summed E-state index contributed by atoms with van der Waals surface area (Å²) in [5, 5.41) is 40.0. The summed E-state index contributed by atoms with van der Waals surface area (Å²) in [7, 11) is 0.